The van der Waals surface area contributed by atoms with Gasteiger partial charge in [0.1, 0.15) is 11.6 Å². The third-order valence-corrected chi connectivity index (χ3v) is 6.04. The van der Waals surface area contributed by atoms with Crippen molar-refractivity contribution in [1.29, 1.82) is 0 Å². The number of carbonyl (C=O) groups is 2. The Labute approximate surface area is 172 Å². The van der Waals surface area contributed by atoms with E-state index in [2.05, 4.69) is 32.4 Å². The van der Waals surface area contributed by atoms with Crippen LogP contribution in [0.1, 0.15) is 45.4 Å². The van der Waals surface area contributed by atoms with Crippen LogP contribution < -0.4 is 10.6 Å². The topological polar surface area (TPSA) is 84.0 Å². The Kier molecular flexibility index (Phi) is 5.03. The van der Waals surface area contributed by atoms with Crippen LogP contribution in [-0.4, -0.2) is 28.7 Å². The van der Waals surface area contributed by atoms with Crippen LogP contribution in [-0.2, 0) is 4.79 Å². The van der Waals surface area contributed by atoms with Crippen LogP contribution >= 0.6 is 11.3 Å². The summed E-state index contributed by atoms with van der Waals surface area (Å²) < 4.78 is 0. The number of carbonyl (C=O) groups excluding carboxylic acids is 2. The van der Waals surface area contributed by atoms with E-state index < -0.39 is 0 Å². The normalized spacial score (nSPS) is 12.9. The van der Waals surface area contributed by atoms with Crippen LogP contribution in [0.15, 0.2) is 24.5 Å². The highest BCUT2D eigenvalue weighted by atomic mass is 32.1. The number of rotatable bonds is 4. The molecule has 0 saturated heterocycles. The van der Waals surface area contributed by atoms with Crippen LogP contribution in [0.5, 0.6) is 0 Å². The van der Waals surface area contributed by atoms with Crippen LogP contribution in [0, 0.1) is 24.7 Å². The Bertz CT molecular complexity index is 1200. The van der Waals surface area contributed by atoms with Crippen molar-refractivity contribution < 1.29 is 9.59 Å². The number of amides is 1. The van der Waals surface area contributed by atoms with Crippen LogP contribution in [0.3, 0.4) is 0 Å². The van der Waals surface area contributed by atoms with Gasteiger partial charge in [0, 0.05) is 36.1 Å². The molecule has 0 unspecified atom stereocenters. The first kappa shape index (κ1) is 19.1. The third-order valence-electron chi connectivity index (χ3n) is 4.78. The molecule has 3 aromatic rings. The molecule has 146 valence electrons. The van der Waals surface area contributed by atoms with Crippen molar-refractivity contribution in [3.05, 3.63) is 45.4 Å². The van der Waals surface area contributed by atoms with Gasteiger partial charge in [-0.3, -0.25) is 9.59 Å². The second-order valence-corrected chi connectivity index (χ2v) is 8.13. The number of aryl methyl sites for hydroxylation is 1. The molecule has 0 aliphatic heterocycles. The molecule has 0 bridgehead atoms. The maximum absolute atomic E-state index is 12.1. The molecule has 1 aliphatic rings. The molecule has 3 heterocycles. The molecule has 6 nitrogen and oxygen atoms in total. The standard InChI is InChI=1S/C22H20N4O2S/c1-12-8-19(13(2)27)29-18(12)7-6-15-10-25-21(23-3)17-11-24-20(9-16(15)17)26-22(28)14-4-5-14/h8-11,14H,4-5H2,1-3H3,(H,23,25)(H,24,26,28). The molecule has 4 rings (SSSR count). The first-order chi connectivity index (χ1) is 14.0. The minimum absolute atomic E-state index is 0.0124. The second kappa shape index (κ2) is 7.64. The minimum Gasteiger partial charge on any atom is -0.373 e. The molecule has 0 radical (unpaired) electrons. The Hall–Kier alpha value is -3.24. The maximum atomic E-state index is 12.1. The number of aromatic nitrogens is 2. The smallest absolute Gasteiger partial charge is 0.228 e. The average molecular weight is 404 g/mol. The molecule has 1 amide bonds. The monoisotopic (exact) mass is 404 g/mol. The fourth-order valence-electron chi connectivity index (χ4n) is 2.98. The van der Waals surface area contributed by atoms with E-state index in [1.54, 1.807) is 26.4 Å². The first-order valence-corrected chi connectivity index (χ1v) is 10.2. The Morgan fingerprint density at radius 3 is 2.59 bits per heavy atom. The molecular formula is C22H20N4O2S. The van der Waals surface area contributed by atoms with E-state index in [0.29, 0.717) is 16.5 Å². The summed E-state index contributed by atoms with van der Waals surface area (Å²) in [5.74, 6) is 7.72. The Balaban J connectivity index is 1.75. The zero-order chi connectivity index (χ0) is 20.5. The van der Waals surface area contributed by atoms with E-state index in [-0.39, 0.29) is 17.6 Å². The van der Waals surface area contributed by atoms with Gasteiger partial charge in [0.05, 0.1) is 15.3 Å². The maximum Gasteiger partial charge on any atom is 0.228 e. The molecule has 0 aromatic carbocycles. The zero-order valence-corrected chi connectivity index (χ0v) is 17.2. The summed E-state index contributed by atoms with van der Waals surface area (Å²) in [6.45, 7) is 3.50. The number of thiophene rings is 1. The lowest BCUT2D eigenvalue weighted by molar-refractivity contribution is -0.117. The summed E-state index contributed by atoms with van der Waals surface area (Å²) in [5.41, 5.74) is 1.72. The number of nitrogens with one attached hydrogen (secondary N) is 2. The molecule has 29 heavy (non-hydrogen) atoms. The number of ketones is 1. The molecule has 2 N–H and O–H groups in total. The Morgan fingerprint density at radius 2 is 1.93 bits per heavy atom. The lowest BCUT2D eigenvalue weighted by atomic mass is 10.1. The summed E-state index contributed by atoms with van der Waals surface area (Å²) in [6, 6.07) is 3.71. The van der Waals surface area contributed by atoms with Gasteiger partial charge in [-0.25, -0.2) is 9.97 Å². The highest BCUT2D eigenvalue weighted by molar-refractivity contribution is 7.14. The van der Waals surface area contributed by atoms with Crippen molar-refractivity contribution in [3.8, 4) is 11.8 Å². The number of anilines is 2. The summed E-state index contributed by atoms with van der Waals surface area (Å²) in [5, 5.41) is 7.64. The van der Waals surface area contributed by atoms with E-state index in [0.717, 1.165) is 39.6 Å². The molecule has 1 fully saturated rings. The average Bonchev–Trinajstić information content (AvgIpc) is 3.49. The van der Waals surface area contributed by atoms with Crippen LogP contribution in [0.25, 0.3) is 10.8 Å². The van der Waals surface area contributed by atoms with Crippen molar-refractivity contribution >= 4 is 45.4 Å². The zero-order valence-electron chi connectivity index (χ0n) is 16.4. The van der Waals surface area contributed by atoms with Crippen LogP contribution in [0.2, 0.25) is 0 Å². The third kappa shape index (κ3) is 3.98. The van der Waals surface area contributed by atoms with Crippen molar-refractivity contribution in [2.75, 3.05) is 17.7 Å². The fourth-order valence-corrected chi connectivity index (χ4v) is 3.90. The lowest BCUT2D eigenvalue weighted by Crippen LogP contribution is -2.14. The highest BCUT2D eigenvalue weighted by Gasteiger charge is 2.29. The molecular weight excluding hydrogens is 384 g/mol. The molecule has 7 heteroatoms. The predicted molar refractivity (Wildman–Crippen MR) is 115 cm³/mol. The summed E-state index contributed by atoms with van der Waals surface area (Å²) in [6.07, 6.45) is 5.29. The quantitative estimate of drug-likeness (QED) is 0.507. The van der Waals surface area contributed by atoms with E-state index in [4.69, 9.17) is 0 Å². The van der Waals surface area contributed by atoms with Gasteiger partial charge < -0.3 is 10.6 Å². The van der Waals surface area contributed by atoms with Crippen molar-refractivity contribution in [2.45, 2.75) is 26.7 Å². The van der Waals surface area contributed by atoms with E-state index in [1.807, 2.05) is 19.1 Å². The fraction of sp³-hybridized carbons (Fsp3) is 0.273. The molecule has 1 aliphatic carbocycles. The molecule has 1 saturated carbocycles. The van der Waals surface area contributed by atoms with Gasteiger partial charge in [0.25, 0.3) is 0 Å². The minimum atomic E-state index is 0.0124. The lowest BCUT2D eigenvalue weighted by Gasteiger charge is -2.09. The number of hydrogen-bond donors (Lipinski definition) is 2. The largest absolute Gasteiger partial charge is 0.373 e. The predicted octanol–water partition coefficient (Wildman–Crippen LogP) is 3.99. The number of Topliss-reactive ketones (excluding diaryl/α,β-unsaturated/α-hetero) is 1. The van der Waals surface area contributed by atoms with E-state index in [9.17, 15) is 9.59 Å². The van der Waals surface area contributed by atoms with Gasteiger partial charge in [-0.05, 0) is 44.4 Å². The van der Waals surface area contributed by atoms with Gasteiger partial charge >= 0.3 is 0 Å². The van der Waals surface area contributed by atoms with Gasteiger partial charge in [0.2, 0.25) is 5.91 Å². The first-order valence-electron chi connectivity index (χ1n) is 9.37. The number of pyridine rings is 2. The van der Waals surface area contributed by atoms with Gasteiger partial charge in [-0.2, -0.15) is 0 Å². The number of nitrogens with zero attached hydrogens (tertiary/aromatic N) is 2. The van der Waals surface area contributed by atoms with E-state index >= 15 is 0 Å². The SMILES string of the molecule is CNc1ncc(C#Cc2sc(C(C)=O)cc2C)c2cc(NC(=O)C3CC3)ncc12. The van der Waals surface area contributed by atoms with Gasteiger partial charge in [-0.15, -0.1) is 11.3 Å². The van der Waals surface area contributed by atoms with Crippen molar-refractivity contribution in [3.63, 3.8) is 0 Å². The summed E-state index contributed by atoms with van der Waals surface area (Å²) in [4.78, 5) is 34.1. The highest BCUT2D eigenvalue weighted by Crippen LogP contribution is 2.31. The molecule has 0 spiro atoms. The number of hydrogen-bond acceptors (Lipinski definition) is 6. The molecule has 3 aromatic heterocycles. The van der Waals surface area contributed by atoms with Crippen molar-refractivity contribution in [2.24, 2.45) is 5.92 Å². The Morgan fingerprint density at radius 1 is 1.14 bits per heavy atom. The van der Waals surface area contributed by atoms with Crippen LogP contribution in [0.4, 0.5) is 11.6 Å². The molecule has 0 atom stereocenters. The van der Waals surface area contributed by atoms with Crippen molar-refractivity contribution in [1.82, 2.24) is 9.97 Å². The second-order valence-electron chi connectivity index (χ2n) is 7.08. The number of fused-ring (bicyclic) bond motifs is 1. The summed E-state index contributed by atoms with van der Waals surface area (Å²) >= 11 is 1.40. The van der Waals surface area contributed by atoms with Gasteiger partial charge in [-0.1, -0.05) is 11.8 Å². The van der Waals surface area contributed by atoms with E-state index in [1.165, 1.54) is 11.3 Å². The summed E-state index contributed by atoms with van der Waals surface area (Å²) in [7, 11) is 1.80. The van der Waals surface area contributed by atoms with Gasteiger partial charge in [0.15, 0.2) is 5.78 Å².